The second-order valence-corrected chi connectivity index (χ2v) is 15.2. The Kier molecular flexibility index (Phi) is 8.56. The molecule has 0 aromatic heterocycles. The van der Waals surface area contributed by atoms with E-state index in [0.29, 0.717) is 0 Å². The normalized spacial score (nSPS) is 11.4. The van der Waals surface area contributed by atoms with Gasteiger partial charge in [-0.2, -0.15) is 0 Å². The summed E-state index contributed by atoms with van der Waals surface area (Å²) in [5.41, 5.74) is 12.8. The van der Waals surface area contributed by atoms with E-state index in [1.54, 1.807) is 0 Å². The van der Waals surface area contributed by atoms with E-state index in [0.717, 1.165) is 17.1 Å². The molecule has 276 valence electrons. The molecule has 0 spiro atoms. The molecule has 0 aliphatic rings. The summed E-state index contributed by atoms with van der Waals surface area (Å²) >= 11 is 0. The third-order valence-electron chi connectivity index (χ3n) is 11.8. The van der Waals surface area contributed by atoms with Crippen LogP contribution in [0.4, 0.5) is 17.1 Å². The Balaban J connectivity index is 1.17. The zero-order valence-corrected chi connectivity index (χ0v) is 32.5. The largest absolute Gasteiger partial charge is 0.310 e. The van der Waals surface area contributed by atoms with Gasteiger partial charge in [0.15, 0.2) is 0 Å². The number of para-hydroxylation sites is 1. The average molecular weight is 750 g/mol. The predicted octanol–water partition coefficient (Wildman–Crippen LogP) is 16.4. The van der Waals surface area contributed by atoms with Gasteiger partial charge in [-0.3, -0.25) is 0 Å². The highest BCUT2D eigenvalue weighted by Crippen LogP contribution is 2.47. The van der Waals surface area contributed by atoms with Crippen LogP contribution in [0.5, 0.6) is 0 Å². The molecule has 0 saturated heterocycles. The summed E-state index contributed by atoms with van der Waals surface area (Å²) in [7, 11) is 0. The van der Waals surface area contributed by atoms with Crippen molar-refractivity contribution >= 4 is 60.2 Å². The molecule has 1 heteroatoms. The van der Waals surface area contributed by atoms with Gasteiger partial charge in [-0.25, -0.2) is 0 Å². The van der Waals surface area contributed by atoms with E-state index in [-0.39, 0.29) is 0 Å². The molecule has 0 N–H and O–H groups in total. The Bertz CT molecular complexity index is 3290. The van der Waals surface area contributed by atoms with Crippen molar-refractivity contribution in [1.82, 2.24) is 0 Å². The summed E-state index contributed by atoms with van der Waals surface area (Å²) in [5.74, 6) is 0. The van der Waals surface area contributed by atoms with E-state index in [1.807, 2.05) is 0 Å². The van der Waals surface area contributed by atoms with Gasteiger partial charge in [-0.15, -0.1) is 0 Å². The van der Waals surface area contributed by atoms with Crippen molar-refractivity contribution in [1.29, 1.82) is 0 Å². The highest BCUT2D eigenvalue weighted by atomic mass is 15.1. The van der Waals surface area contributed by atoms with E-state index in [2.05, 4.69) is 241 Å². The van der Waals surface area contributed by atoms with Gasteiger partial charge in [0.05, 0.1) is 5.69 Å². The fourth-order valence-electron chi connectivity index (χ4n) is 9.07. The van der Waals surface area contributed by atoms with E-state index in [9.17, 15) is 0 Å². The SMILES string of the molecule is c1ccc(-c2ccc(N(c3ccc(-c4cc5ccccc5c5c4ccc4ccccc45)c(-c4ccccc4)c3)c3ccccc3-c3cccc4ccccc34)cc2)cc1. The maximum atomic E-state index is 2.44. The molecule has 0 atom stereocenters. The number of hydrogen-bond donors (Lipinski definition) is 0. The number of anilines is 3. The molecule has 0 amide bonds. The van der Waals surface area contributed by atoms with Crippen molar-refractivity contribution < 1.29 is 0 Å². The molecule has 11 aromatic rings. The van der Waals surface area contributed by atoms with Crippen LogP contribution in [-0.4, -0.2) is 0 Å². The van der Waals surface area contributed by atoms with Crippen molar-refractivity contribution in [2.75, 3.05) is 4.90 Å². The summed E-state index contributed by atoms with van der Waals surface area (Å²) in [5, 5.41) is 10.0. The minimum absolute atomic E-state index is 1.09. The van der Waals surface area contributed by atoms with Gasteiger partial charge in [0.2, 0.25) is 0 Å². The summed E-state index contributed by atoms with van der Waals surface area (Å²) < 4.78 is 0. The van der Waals surface area contributed by atoms with Crippen molar-refractivity contribution in [3.63, 3.8) is 0 Å². The maximum absolute atomic E-state index is 2.44. The molecule has 0 radical (unpaired) electrons. The molecule has 0 saturated carbocycles. The number of nitrogens with zero attached hydrogens (tertiary/aromatic N) is 1. The van der Waals surface area contributed by atoms with Gasteiger partial charge in [0, 0.05) is 16.9 Å². The van der Waals surface area contributed by atoms with E-state index >= 15 is 0 Å². The maximum Gasteiger partial charge on any atom is 0.0540 e. The van der Waals surface area contributed by atoms with Crippen molar-refractivity contribution in [2.24, 2.45) is 0 Å². The molecule has 0 aliphatic carbocycles. The number of hydrogen-bond acceptors (Lipinski definition) is 1. The van der Waals surface area contributed by atoms with E-state index in [4.69, 9.17) is 0 Å². The predicted molar refractivity (Wildman–Crippen MR) is 253 cm³/mol. The third kappa shape index (κ3) is 6.12. The van der Waals surface area contributed by atoms with Crippen LogP contribution in [-0.2, 0) is 0 Å². The van der Waals surface area contributed by atoms with Crippen molar-refractivity contribution in [3.8, 4) is 44.5 Å². The molecule has 11 aromatic carbocycles. The molecule has 0 fully saturated rings. The molecule has 0 heterocycles. The van der Waals surface area contributed by atoms with Crippen molar-refractivity contribution in [2.45, 2.75) is 0 Å². The minimum atomic E-state index is 1.09. The van der Waals surface area contributed by atoms with Crippen LogP contribution in [0, 0.1) is 0 Å². The first kappa shape index (κ1) is 34.5. The lowest BCUT2D eigenvalue weighted by molar-refractivity contribution is 1.28. The molecule has 0 bridgehead atoms. The molecule has 59 heavy (non-hydrogen) atoms. The first-order chi connectivity index (χ1) is 29.3. The van der Waals surface area contributed by atoms with Gasteiger partial charge < -0.3 is 4.90 Å². The Labute approximate surface area is 344 Å². The third-order valence-corrected chi connectivity index (χ3v) is 11.8. The average Bonchev–Trinajstić information content (AvgIpc) is 3.32. The topological polar surface area (TPSA) is 3.24 Å². The van der Waals surface area contributed by atoms with Gasteiger partial charge in [0.1, 0.15) is 0 Å². The molecule has 0 aliphatic heterocycles. The summed E-state index contributed by atoms with van der Waals surface area (Å²) in [6, 6.07) is 86.3. The first-order valence-electron chi connectivity index (χ1n) is 20.3. The Morgan fingerprint density at radius 3 is 1.54 bits per heavy atom. The quantitative estimate of drug-likeness (QED) is 0.147. The van der Waals surface area contributed by atoms with E-state index < -0.39 is 0 Å². The van der Waals surface area contributed by atoms with Crippen LogP contribution >= 0.6 is 0 Å². The number of rotatable bonds is 7. The summed E-state index contributed by atoms with van der Waals surface area (Å²) in [4.78, 5) is 2.44. The minimum Gasteiger partial charge on any atom is -0.310 e. The standard InChI is InChI=1S/C58H39N/c1-3-16-40(17-4-1)41-30-33-46(34-31-41)59(57-29-14-13-27-53(57)51-28-15-23-42-20-7-10-24-48(42)51)47-35-37-52(55(39-47)43-18-5-2-6-19-43)56-38-45-22-9-12-26-50(45)58-49-25-11-8-21-44(49)32-36-54(56)58/h1-39H. The Morgan fingerprint density at radius 1 is 0.237 bits per heavy atom. The monoisotopic (exact) mass is 749 g/mol. The van der Waals surface area contributed by atoms with Crippen LogP contribution in [0.3, 0.4) is 0 Å². The van der Waals surface area contributed by atoms with Crippen LogP contribution in [0.1, 0.15) is 0 Å². The summed E-state index contributed by atoms with van der Waals surface area (Å²) in [6.45, 7) is 0. The van der Waals surface area contributed by atoms with Gasteiger partial charge >= 0.3 is 0 Å². The fraction of sp³-hybridized carbons (Fsp3) is 0. The molecule has 0 unspecified atom stereocenters. The number of fused-ring (bicyclic) bond motifs is 6. The van der Waals surface area contributed by atoms with Crippen LogP contribution in [0.25, 0.3) is 87.6 Å². The molecule has 1 nitrogen and oxygen atoms in total. The smallest absolute Gasteiger partial charge is 0.0540 e. The lowest BCUT2D eigenvalue weighted by Gasteiger charge is -2.29. The lowest BCUT2D eigenvalue weighted by Crippen LogP contribution is -2.11. The zero-order chi connectivity index (χ0) is 39.1. The second kappa shape index (κ2) is 14.6. The van der Waals surface area contributed by atoms with Crippen LogP contribution < -0.4 is 4.90 Å². The number of benzene rings is 11. The zero-order valence-electron chi connectivity index (χ0n) is 32.5. The summed E-state index contributed by atoms with van der Waals surface area (Å²) in [6.07, 6.45) is 0. The van der Waals surface area contributed by atoms with Crippen LogP contribution in [0.15, 0.2) is 237 Å². The van der Waals surface area contributed by atoms with Gasteiger partial charge in [-0.1, -0.05) is 200 Å². The fourth-order valence-corrected chi connectivity index (χ4v) is 9.07. The molecular formula is C58H39N. The van der Waals surface area contributed by atoms with E-state index in [1.165, 1.54) is 87.6 Å². The Hall–Kier alpha value is -7.74. The first-order valence-corrected chi connectivity index (χ1v) is 20.3. The van der Waals surface area contributed by atoms with Crippen molar-refractivity contribution in [3.05, 3.63) is 237 Å². The highest BCUT2D eigenvalue weighted by molar-refractivity contribution is 6.24. The second-order valence-electron chi connectivity index (χ2n) is 15.2. The highest BCUT2D eigenvalue weighted by Gasteiger charge is 2.22. The van der Waals surface area contributed by atoms with Gasteiger partial charge in [0.25, 0.3) is 0 Å². The lowest BCUT2D eigenvalue weighted by atomic mass is 9.87. The Morgan fingerprint density at radius 2 is 0.780 bits per heavy atom. The van der Waals surface area contributed by atoms with Gasteiger partial charge in [-0.05, 0) is 118 Å². The molecule has 11 rings (SSSR count). The van der Waals surface area contributed by atoms with Crippen LogP contribution in [0.2, 0.25) is 0 Å². The molecular weight excluding hydrogens is 711 g/mol.